The lowest BCUT2D eigenvalue weighted by atomic mass is 10.3. The van der Waals surface area contributed by atoms with Crippen LogP contribution in [0.1, 0.15) is 0 Å². The van der Waals surface area contributed by atoms with Gasteiger partial charge in [-0.1, -0.05) is 18.2 Å². The van der Waals surface area contributed by atoms with Crippen LogP contribution in [0.4, 0.5) is 5.69 Å². The summed E-state index contributed by atoms with van der Waals surface area (Å²) >= 11 is 5.45. The van der Waals surface area contributed by atoms with E-state index in [0.29, 0.717) is 5.84 Å². The van der Waals surface area contributed by atoms with E-state index >= 15 is 0 Å². The van der Waals surface area contributed by atoms with Crippen molar-refractivity contribution in [2.24, 2.45) is 10.7 Å². The number of hydrogen-bond acceptors (Lipinski definition) is 1. The molecule has 0 radical (unpaired) electrons. The van der Waals surface area contributed by atoms with Crippen LogP contribution in [0.15, 0.2) is 35.3 Å². The van der Waals surface area contributed by atoms with Gasteiger partial charge in [-0.25, -0.2) is 4.99 Å². The first kappa shape index (κ1) is 8.08. The maximum absolute atomic E-state index is 5.45. The van der Waals surface area contributed by atoms with E-state index in [-0.39, 0.29) is 5.88 Å². The summed E-state index contributed by atoms with van der Waals surface area (Å²) in [6, 6.07) is 9.48. The molecule has 0 aliphatic carbocycles. The number of para-hydroxylation sites is 1. The minimum Gasteiger partial charge on any atom is -0.386 e. The zero-order valence-corrected chi connectivity index (χ0v) is 6.75. The van der Waals surface area contributed by atoms with Crippen LogP contribution in [-0.4, -0.2) is 11.7 Å². The highest BCUT2D eigenvalue weighted by molar-refractivity contribution is 6.28. The van der Waals surface area contributed by atoms with Crippen molar-refractivity contribution < 1.29 is 0 Å². The van der Waals surface area contributed by atoms with Crippen LogP contribution in [-0.2, 0) is 0 Å². The number of alkyl halides is 1. The summed E-state index contributed by atoms with van der Waals surface area (Å²) < 4.78 is 0. The first-order chi connectivity index (χ1) is 5.33. The van der Waals surface area contributed by atoms with Crippen molar-refractivity contribution in [3.05, 3.63) is 30.3 Å². The highest BCUT2D eigenvalue weighted by Crippen LogP contribution is 2.08. The summed E-state index contributed by atoms with van der Waals surface area (Å²) in [5.74, 6) is 0.715. The van der Waals surface area contributed by atoms with E-state index in [1.807, 2.05) is 30.3 Å². The largest absolute Gasteiger partial charge is 0.386 e. The molecule has 2 N–H and O–H groups in total. The van der Waals surface area contributed by atoms with Crippen LogP contribution < -0.4 is 5.73 Å². The Bertz CT molecular complexity index is 244. The minimum atomic E-state index is 0.273. The van der Waals surface area contributed by atoms with Gasteiger partial charge >= 0.3 is 0 Å². The van der Waals surface area contributed by atoms with Gasteiger partial charge < -0.3 is 5.73 Å². The summed E-state index contributed by atoms with van der Waals surface area (Å²) in [7, 11) is 0. The molecular formula is C8H9ClN2. The minimum absolute atomic E-state index is 0.273. The van der Waals surface area contributed by atoms with E-state index < -0.39 is 0 Å². The van der Waals surface area contributed by atoms with Crippen molar-refractivity contribution in [3.8, 4) is 0 Å². The third kappa shape index (κ3) is 2.60. The van der Waals surface area contributed by atoms with Crippen LogP contribution in [0.5, 0.6) is 0 Å². The molecule has 0 amide bonds. The topological polar surface area (TPSA) is 38.4 Å². The van der Waals surface area contributed by atoms with Crippen molar-refractivity contribution in [1.82, 2.24) is 0 Å². The lowest BCUT2D eigenvalue weighted by Crippen LogP contribution is -2.12. The van der Waals surface area contributed by atoms with Gasteiger partial charge in [0, 0.05) is 0 Å². The number of benzene rings is 1. The molecule has 0 aliphatic rings. The maximum Gasteiger partial charge on any atom is 0.115 e. The average molecular weight is 169 g/mol. The molecule has 11 heavy (non-hydrogen) atoms. The lowest BCUT2D eigenvalue weighted by Gasteiger charge is -1.93. The molecule has 58 valence electrons. The van der Waals surface area contributed by atoms with E-state index in [9.17, 15) is 0 Å². The van der Waals surface area contributed by atoms with Crippen molar-refractivity contribution in [1.29, 1.82) is 0 Å². The van der Waals surface area contributed by atoms with Gasteiger partial charge in [-0.2, -0.15) is 0 Å². The molecule has 0 bridgehead atoms. The Morgan fingerprint density at radius 1 is 1.36 bits per heavy atom. The predicted octanol–water partition coefficient (Wildman–Crippen LogP) is 1.91. The second kappa shape index (κ2) is 3.98. The Morgan fingerprint density at radius 3 is 2.55 bits per heavy atom. The molecule has 0 unspecified atom stereocenters. The summed E-state index contributed by atoms with van der Waals surface area (Å²) in [6.45, 7) is 0. The standard InChI is InChI=1S/C8H9ClN2/c9-6-8(10)11-7-4-2-1-3-5-7/h1-5H,6H2,(H2,10,11). The van der Waals surface area contributed by atoms with Gasteiger partial charge in [-0.05, 0) is 12.1 Å². The average Bonchev–Trinajstić information content (AvgIpc) is 2.06. The number of nitrogens with two attached hydrogens (primary N) is 1. The van der Waals surface area contributed by atoms with Crippen molar-refractivity contribution >= 4 is 23.1 Å². The highest BCUT2D eigenvalue weighted by Gasteiger charge is 1.88. The lowest BCUT2D eigenvalue weighted by molar-refractivity contribution is 1.45. The second-order valence-electron chi connectivity index (χ2n) is 2.07. The number of rotatable bonds is 2. The van der Waals surface area contributed by atoms with Gasteiger partial charge in [-0.3, -0.25) is 0 Å². The van der Waals surface area contributed by atoms with Gasteiger partial charge in [0.1, 0.15) is 5.84 Å². The molecule has 1 rings (SSSR count). The fourth-order valence-corrected chi connectivity index (χ4v) is 0.758. The second-order valence-corrected chi connectivity index (χ2v) is 2.34. The molecule has 0 atom stereocenters. The Hall–Kier alpha value is -1.02. The van der Waals surface area contributed by atoms with Crippen molar-refractivity contribution in [2.75, 3.05) is 5.88 Å². The molecule has 0 spiro atoms. The van der Waals surface area contributed by atoms with Gasteiger partial charge in [0.15, 0.2) is 0 Å². The fraction of sp³-hybridized carbons (Fsp3) is 0.125. The predicted molar refractivity (Wildman–Crippen MR) is 48.4 cm³/mol. The molecule has 1 aromatic rings. The quantitative estimate of drug-likeness (QED) is 0.409. The van der Waals surface area contributed by atoms with E-state index in [1.165, 1.54) is 0 Å². The van der Waals surface area contributed by atoms with Crippen LogP contribution in [0.2, 0.25) is 0 Å². The Balaban J connectivity index is 2.79. The normalized spacial score (nSPS) is 11.5. The van der Waals surface area contributed by atoms with Crippen LogP contribution in [0, 0.1) is 0 Å². The SMILES string of the molecule is NC(CCl)=Nc1ccccc1. The van der Waals surface area contributed by atoms with Gasteiger partial charge in [-0.15, -0.1) is 11.6 Å². The van der Waals surface area contributed by atoms with Gasteiger partial charge in [0.25, 0.3) is 0 Å². The Labute approximate surface area is 70.7 Å². The van der Waals surface area contributed by atoms with Gasteiger partial charge in [0.2, 0.25) is 0 Å². The number of aliphatic imine (C=N–C) groups is 1. The fourth-order valence-electron chi connectivity index (χ4n) is 0.698. The Kier molecular flexibility index (Phi) is 2.93. The third-order valence-corrected chi connectivity index (χ3v) is 1.44. The summed E-state index contributed by atoms with van der Waals surface area (Å²) in [5, 5.41) is 0. The first-order valence-corrected chi connectivity index (χ1v) is 3.80. The molecule has 3 heteroatoms. The van der Waals surface area contributed by atoms with Crippen molar-refractivity contribution in [2.45, 2.75) is 0 Å². The van der Waals surface area contributed by atoms with E-state index in [0.717, 1.165) is 5.69 Å². The number of halogens is 1. The summed E-state index contributed by atoms with van der Waals surface area (Å²) in [5.41, 5.74) is 6.26. The van der Waals surface area contributed by atoms with Gasteiger partial charge in [0.05, 0.1) is 11.6 Å². The van der Waals surface area contributed by atoms with Crippen molar-refractivity contribution in [3.63, 3.8) is 0 Å². The highest BCUT2D eigenvalue weighted by atomic mass is 35.5. The number of hydrogen-bond donors (Lipinski definition) is 1. The number of nitrogens with zero attached hydrogens (tertiary/aromatic N) is 1. The zero-order chi connectivity index (χ0) is 8.10. The third-order valence-electron chi connectivity index (χ3n) is 1.17. The number of amidine groups is 1. The molecule has 2 nitrogen and oxygen atoms in total. The van der Waals surface area contributed by atoms with E-state index in [2.05, 4.69) is 4.99 Å². The molecule has 0 heterocycles. The van der Waals surface area contributed by atoms with Crippen LogP contribution in [0.25, 0.3) is 0 Å². The van der Waals surface area contributed by atoms with Crippen LogP contribution >= 0.6 is 11.6 Å². The van der Waals surface area contributed by atoms with E-state index in [4.69, 9.17) is 17.3 Å². The molecule has 0 fully saturated rings. The Morgan fingerprint density at radius 2 is 2.00 bits per heavy atom. The molecule has 0 aliphatic heterocycles. The molecule has 0 saturated carbocycles. The summed E-state index contributed by atoms with van der Waals surface area (Å²) in [4.78, 5) is 4.04. The molecular weight excluding hydrogens is 160 g/mol. The van der Waals surface area contributed by atoms with Crippen LogP contribution in [0.3, 0.4) is 0 Å². The first-order valence-electron chi connectivity index (χ1n) is 3.27. The monoisotopic (exact) mass is 168 g/mol. The van der Waals surface area contributed by atoms with E-state index in [1.54, 1.807) is 0 Å². The molecule has 1 aromatic carbocycles. The summed E-state index contributed by atoms with van der Waals surface area (Å²) in [6.07, 6.45) is 0. The zero-order valence-electron chi connectivity index (χ0n) is 6.00. The smallest absolute Gasteiger partial charge is 0.115 e. The molecule has 0 aromatic heterocycles. The maximum atomic E-state index is 5.45. The molecule has 0 saturated heterocycles.